The molecular formula is C38H46Cl2F3N3O5S. The van der Waals surface area contributed by atoms with Crippen LogP contribution in [-0.2, 0) is 12.6 Å². The minimum atomic E-state index is -4.35. The van der Waals surface area contributed by atoms with Crippen LogP contribution in [0.1, 0.15) is 37.2 Å². The number of aliphatic hydroxyl groups is 1. The Bertz CT molecular complexity index is 1890. The number of aryl methyl sites for hydroxylation is 1. The fraction of sp³-hybridized carbons (Fsp3) is 0.395. The van der Waals surface area contributed by atoms with E-state index in [9.17, 15) is 23.1 Å². The van der Waals surface area contributed by atoms with Gasteiger partial charge in [0.1, 0.15) is 28.2 Å². The number of halogens is 5. The molecule has 2 aliphatic heterocycles. The van der Waals surface area contributed by atoms with Crippen molar-refractivity contribution < 1.29 is 32.5 Å². The zero-order chi connectivity index (χ0) is 36.0. The largest absolute Gasteiger partial charge is 0.507 e. The number of alkyl halides is 3. The highest BCUT2D eigenvalue weighted by atomic mass is 35.5. The number of methoxy groups -OCH3 is 1. The molecule has 8 nitrogen and oxygen atoms in total. The van der Waals surface area contributed by atoms with Crippen LogP contribution in [0, 0.1) is 6.92 Å². The number of piperazine rings is 1. The Labute approximate surface area is 319 Å². The third-order valence-corrected chi connectivity index (χ3v) is 9.92. The van der Waals surface area contributed by atoms with Gasteiger partial charge in [-0.15, -0.1) is 24.8 Å². The number of hydrogen-bond acceptors (Lipinski definition) is 9. The van der Waals surface area contributed by atoms with Crippen LogP contribution >= 0.6 is 36.6 Å². The molecule has 0 saturated carbocycles. The van der Waals surface area contributed by atoms with Crippen molar-refractivity contribution in [3.63, 3.8) is 0 Å². The van der Waals surface area contributed by atoms with Crippen LogP contribution in [0.5, 0.6) is 11.5 Å². The highest BCUT2D eigenvalue weighted by Crippen LogP contribution is 2.49. The van der Waals surface area contributed by atoms with Gasteiger partial charge in [-0.25, -0.2) is 0 Å². The van der Waals surface area contributed by atoms with Gasteiger partial charge in [-0.3, -0.25) is 9.69 Å². The predicted octanol–water partition coefficient (Wildman–Crippen LogP) is 8.48. The first-order valence-corrected chi connectivity index (χ1v) is 17.5. The van der Waals surface area contributed by atoms with Crippen LogP contribution < -0.4 is 15.1 Å². The summed E-state index contributed by atoms with van der Waals surface area (Å²) in [5.41, 5.74) is 3.08. The van der Waals surface area contributed by atoms with E-state index in [0.717, 1.165) is 65.8 Å². The minimum Gasteiger partial charge on any atom is -0.507 e. The van der Waals surface area contributed by atoms with E-state index >= 15 is 0 Å². The number of benzene rings is 3. The number of phenols is 1. The van der Waals surface area contributed by atoms with Crippen molar-refractivity contribution in [3.05, 3.63) is 93.4 Å². The smallest absolute Gasteiger partial charge is 0.416 e. The van der Waals surface area contributed by atoms with E-state index < -0.39 is 11.7 Å². The van der Waals surface area contributed by atoms with Crippen molar-refractivity contribution in [2.24, 2.45) is 0 Å². The Kier molecular flexibility index (Phi) is 15.8. The molecule has 0 radical (unpaired) electrons. The molecule has 14 heteroatoms. The molecule has 0 aliphatic carbocycles. The molecule has 0 spiro atoms. The van der Waals surface area contributed by atoms with Crippen LogP contribution in [0.4, 0.5) is 24.5 Å². The molecule has 3 heterocycles. The molecule has 3 aromatic carbocycles. The van der Waals surface area contributed by atoms with Crippen molar-refractivity contribution >= 4 is 58.9 Å². The maximum absolute atomic E-state index is 13.3. The number of ether oxygens (including phenoxy) is 1. The number of hydrogen-bond donors (Lipinski definition) is 2. The molecule has 52 heavy (non-hydrogen) atoms. The Balaban J connectivity index is 0.000000291. The molecule has 284 valence electrons. The monoisotopic (exact) mass is 783 g/mol. The van der Waals surface area contributed by atoms with E-state index in [1.165, 1.54) is 43.1 Å². The van der Waals surface area contributed by atoms with Crippen molar-refractivity contribution in [2.75, 3.05) is 64.4 Å². The highest BCUT2D eigenvalue weighted by molar-refractivity contribution is 7.99. The summed E-state index contributed by atoms with van der Waals surface area (Å²) < 4.78 is 50.9. The third-order valence-electron chi connectivity index (χ3n) is 8.79. The second kappa shape index (κ2) is 19.1. The molecule has 2 aliphatic rings. The van der Waals surface area contributed by atoms with Gasteiger partial charge >= 0.3 is 6.18 Å². The normalized spacial score (nSPS) is 14.3. The van der Waals surface area contributed by atoms with Gasteiger partial charge in [-0.05, 0) is 70.5 Å². The summed E-state index contributed by atoms with van der Waals surface area (Å²) >= 11 is 1.53. The molecule has 0 amide bonds. The fourth-order valence-corrected chi connectivity index (χ4v) is 7.30. The Morgan fingerprint density at radius 1 is 0.942 bits per heavy atom. The molecule has 4 aromatic rings. The van der Waals surface area contributed by atoms with Crippen molar-refractivity contribution in [3.8, 4) is 11.5 Å². The molecule has 6 rings (SSSR count). The summed E-state index contributed by atoms with van der Waals surface area (Å²) in [4.78, 5) is 20.7. The summed E-state index contributed by atoms with van der Waals surface area (Å²) in [6, 6.07) is 14.8. The first kappa shape index (κ1) is 43.0. The van der Waals surface area contributed by atoms with Crippen LogP contribution in [0.3, 0.4) is 0 Å². The molecule has 0 atom stereocenters. The van der Waals surface area contributed by atoms with E-state index in [4.69, 9.17) is 14.3 Å². The van der Waals surface area contributed by atoms with Crippen molar-refractivity contribution in [1.29, 1.82) is 0 Å². The minimum absolute atomic E-state index is 0. The number of aromatic hydroxyl groups is 1. The van der Waals surface area contributed by atoms with Gasteiger partial charge in [0.15, 0.2) is 5.43 Å². The van der Waals surface area contributed by atoms with Crippen molar-refractivity contribution in [2.45, 2.75) is 49.6 Å². The second-order valence-corrected chi connectivity index (χ2v) is 13.7. The first-order valence-electron chi connectivity index (χ1n) is 16.7. The Morgan fingerprint density at radius 2 is 1.60 bits per heavy atom. The number of nitrogens with zero attached hydrogens (tertiary/aromatic N) is 3. The van der Waals surface area contributed by atoms with E-state index in [2.05, 4.69) is 9.80 Å². The van der Waals surface area contributed by atoms with Gasteiger partial charge in [0.05, 0.1) is 30.7 Å². The van der Waals surface area contributed by atoms with E-state index in [0.29, 0.717) is 42.3 Å². The lowest BCUT2D eigenvalue weighted by Gasteiger charge is -2.36. The zero-order valence-corrected chi connectivity index (χ0v) is 32.1. The maximum atomic E-state index is 13.3. The zero-order valence-electron chi connectivity index (χ0n) is 29.7. The van der Waals surface area contributed by atoms with Gasteiger partial charge in [0, 0.05) is 66.8 Å². The van der Waals surface area contributed by atoms with Gasteiger partial charge in [0.25, 0.3) is 0 Å². The fourth-order valence-electron chi connectivity index (χ4n) is 6.22. The lowest BCUT2D eigenvalue weighted by molar-refractivity contribution is -0.137. The van der Waals surface area contributed by atoms with Gasteiger partial charge in [-0.2, -0.15) is 13.2 Å². The van der Waals surface area contributed by atoms with Crippen LogP contribution in [0.15, 0.2) is 85.2 Å². The number of aliphatic hydroxyl groups excluding tert-OH is 1. The average Bonchev–Trinajstić information content (AvgIpc) is 3.07. The average molecular weight is 785 g/mol. The molecule has 1 saturated heterocycles. The van der Waals surface area contributed by atoms with E-state index in [-0.39, 0.29) is 48.0 Å². The number of anilines is 2. The topological polar surface area (TPSA) is 89.6 Å². The number of allylic oxidation sites excluding steroid dienone is 2. The highest BCUT2D eigenvalue weighted by Gasteiger charge is 2.33. The summed E-state index contributed by atoms with van der Waals surface area (Å²) in [5, 5.41) is 19.3. The lowest BCUT2D eigenvalue weighted by atomic mass is 10.0. The summed E-state index contributed by atoms with van der Waals surface area (Å²) in [6.45, 7) is 12.0. The van der Waals surface area contributed by atoms with Crippen LogP contribution in [0.25, 0.3) is 11.0 Å². The number of fused-ring (bicyclic) bond motifs is 3. The number of phenolic OH excluding ortho intramolecular Hbond substituents is 1. The van der Waals surface area contributed by atoms with E-state index in [1.54, 1.807) is 13.0 Å². The number of rotatable bonds is 9. The SMILES string of the molecule is COc1cc(O)c2c(=O)cc(C)oc2c1CC=C(C)C.Cl.Cl.OCCN1CCN(CCCN2c3ccccc3Sc3ccc(C(F)(F)F)cc32)CC1. The van der Waals surface area contributed by atoms with Gasteiger partial charge < -0.3 is 29.2 Å². The Hall–Kier alpha value is -3.39. The first-order chi connectivity index (χ1) is 23.9. The molecule has 1 fully saturated rings. The second-order valence-electron chi connectivity index (χ2n) is 12.6. The molecular weight excluding hydrogens is 738 g/mol. The Morgan fingerprint density at radius 3 is 2.23 bits per heavy atom. The summed E-state index contributed by atoms with van der Waals surface area (Å²) in [6.07, 6.45) is -0.878. The number of β-amino-alcohol motifs (C(OH)–C–C–N with tert-alkyl or cyclic N) is 1. The number of para-hydroxylation sites is 1. The van der Waals surface area contributed by atoms with Crippen molar-refractivity contribution in [1.82, 2.24) is 9.80 Å². The summed E-state index contributed by atoms with van der Waals surface area (Å²) in [5.74, 6) is 0.904. The van der Waals surface area contributed by atoms with Gasteiger partial charge in [0.2, 0.25) is 0 Å². The third kappa shape index (κ3) is 10.4. The summed E-state index contributed by atoms with van der Waals surface area (Å²) in [7, 11) is 1.53. The quantitative estimate of drug-likeness (QED) is 0.162. The van der Waals surface area contributed by atoms with Crippen LogP contribution in [0.2, 0.25) is 0 Å². The molecule has 1 aromatic heterocycles. The molecule has 2 N–H and O–H groups in total. The standard InChI is InChI=1S/C22H26F3N3OS.C16H18O4.2ClH/c23-22(24,25)17-6-7-21-19(16-17)28(18-4-1-2-5-20(18)30-21)9-3-8-26-10-12-27(13-11-26)14-15-29;1-9(2)5-6-11-14(19-4)8-13(18)15-12(17)7-10(3)20-16(11)15;;/h1-2,4-7,16,29H,3,8-15H2;5,7-8,18H,6H2,1-4H3;2*1H. The van der Waals surface area contributed by atoms with Gasteiger partial charge in [-0.1, -0.05) is 35.5 Å². The lowest BCUT2D eigenvalue weighted by Crippen LogP contribution is -2.47. The van der Waals surface area contributed by atoms with Crippen LogP contribution in [-0.4, -0.2) is 79.5 Å². The molecule has 0 bridgehead atoms. The predicted molar refractivity (Wildman–Crippen MR) is 207 cm³/mol. The maximum Gasteiger partial charge on any atom is 0.416 e. The van der Waals surface area contributed by atoms with E-state index in [1.807, 2.05) is 49.1 Å². The molecule has 0 unspecified atom stereocenters.